The molecule has 0 aliphatic carbocycles. The molecule has 7 nitrogen and oxygen atoms in total. The smallest absolute Gasteiger partial charge is 0.264 e. The van der Waals surface area contributed by atoms with Gasteiger partial charge in [-0.1, -0.05) is 60.1 Å². The first kappa shape index (κ1) is 32.1. The predicted molar refractivity (Wildman–Crippen MR) is 174 cm³/mol. The van der Waals surface area contributed by atoms with Crippen LogP contribution in [0.2, 0.25) is 5.02 Å². The number of hydrogen-bond donors (Lipinski definition) is 2. The SMILES string of the molecule is O=C(CC1Sc2ccccc2NC1=O)NS(=O)(=O)c1ccc(CN(CCSc2ccccc2)Cc2c(F)cccc2Cl)cc1. The number of nitrogens with one attached hydrogen (secondary N) is 2. The number of fused-ring (bicyclic) bond motifs is 1. The van der Waals surface area contributed by atoms with Gasteiger partial charge in [-0.05, 0) is 54.1 Å². The van der Waals surface area contributed by atoms with E-state index in [-0.39, 0.29) is 29.6 Å². The Hall–Kier alpha value is -3.35. The molecule has 1 heterocycles. The van der Waals surface area contributed by atoms with E-state index in [0.29, 0.717) is 29.4 Å². The highest BCUT2D eigenvalue weighted by atomic mass is 35.5. The van der Waals surface area contributed by atoms with Crippen LogP contribution in [0.3, 0.4) is 0 Å². The number of halogens is 2. The van der Waals surface area contributed by atoms with Crippen LogP contribution in [0.15, 0.2) is 112 Å². The van der Waals surface area contributed by atoms with Crippen LogP contribution in [0.5, 0.6) is 0 Å². The summed E-state index contributed by atoms with van der Waals surface area (Å²) in [6.45, 7) is 1.31. The number of thioether (sulfide) groups is 2. The maximum Gasteiger partial charge on any atom is 0.264 e. The molecule has 1 aliphatic heterocycles. The molecule has 4 aromatic rings. The highest BCUT2D eigenvalue weighted by molar-refractivity contribution is 8.01. The Morgan fingerprint density at radius 1 is 0.955 bits per heavy atom. The summed E-state index contributed by atoms with van der Waals surface area (Å²) in [5.74, 6) is -0.764. The number of rotatable bonds is 12. The lowest BCUT2D eigenvalue weighted by atomic mass is 10.1. The quantitative estimate of drug-likeness (QED) is 0.165. The van der Waals surface area contributed by atoms with Crippen LogP contribution in [0.1, 0.15) is 17.5 Å². The number of hydrogen-bond acceptors (Lipinski definition) is 7. The van der Waals surface area contributed by atoms with E-state index in [1.54, 1.807) is 48.2 Å². The minimum Gasteiger partial charge on any atom is -0.324 e. The molecule has 0 saturated carbocycles. The number of anilines is 1. The Labute approximate surface area is 269 Å². The molecule has 2 N–H and O–H groups in total. The molecular formula is C32H29ClFN3O4S3. The molecule has 44 heavy (non-hydrogen) atoms. The fourth-order valence-corrected chi connectivity index (χ4v) is 7.87. The molecule has 1 unspecified atom stereocenters. The van der Waals surface area contributed by atoms with Crippen LogP contribution in [0.25, 0.3) is 0 Å². The number of benzene rings is 4. The Bertz CT molecular complexity index is 1720. The van der Waals surface area contributed by atoms with Gasteiger partial charge >= 0.3 is 0 Å². The molecule has 0 radical (unpaired) electrons. The zero-order valence-electron chi connectivity index (χ0n) is 23.4. The number of sulfonamides is 1. The van der Waals surface area contributed by atoms with Crippen LogP contribution >= 0.6 is 35.1 Å². The summed E-state index contributed by atoms with van der Waals surface area (Å²) in [6, 6.07) is 28.0. The van der Waals surface area contributed by atoms with Crippen molar-refractivity contribution in [2.45, 2.75) is 39.4 Å². The third-order valence-electron chi connectivity index (χ3n) is 6.83. The van der Waals surface area contributed by atoms with Gasteiger partial charge < -0.3 is 5.32 Å². The lowest BCUT2D eigenvalue weighted by Crippen LogP contribution is -2.37. The molecule has 228 valence electrons. The van der Waals surface area contributed by atoms with Gasteiger partial charge in [0.1, 0.15) is 5.82 Å². The topological polar surface area (TPSA) is 95.6 Å². The van der Waals surface area contributed by atoms with Crippen molar-refractivity contribution in [1.29, 1.82) is 0 Å². The summed E-state index contributed by atoms with van der Waals surface area (Å²) in [6.07, 6.45) is -0.295. The van der Waals surface area contributed by atoms with Gasteiger partial charge in [-0.25, -0.2) is 17.5 Å². The van der Waals surface area contributed by atoms with E-state index >= 15 is 0 Å². The van der Waals surface area contributed by atoms with Crippen molar-refractivity contribution in [3.05, 3.63) is 119 Å². The molecule has 0 spiro atoms. The van der Waals surface area contributed by atoms with Crippen LogP contribution in [0.4, 0.5) is 10.1 Å². The first-order valence-corrected chi connectivity index (χ1v) is 17.4. The van der Waals surface area contributed by atoms with Crippen molar-refractivity contribution in [2.24, 2.45) is 0 Å². The second kappa shape index (κ2) is 14.6. The summed E-state index contributed by atoms with van der Waals surface area (Å²) in [7, 11) is -4.16. The Balaban J connectivity index is 1.22. The van der Waals surface area contributed by atoms with Gasteiger partial charge in [-0.15, -0.1) is 23.5 Å². The van der Waals surface area contributed by atoms with Gasteiger partial charge in [-0.3, -0.25) is 14.5 Å². The zero-order chi connectivity index (χ0) is 31.1. The maximum absolute atomic E-state index is 14.6. The lowest BCUT2D eigenvalue weighted by molar-refractivity contribution is -0.122. The fraction of sp³-hybridized carbons (Fsp3) is 0.188. The first-order valence-electron chi connectivity index (χ1n) is 13.7. The van der Waals surface area contributed by atoms with E-state index in [4.69, 9.17) is 11.6 Å². The average molecular weight is 670 g/mol. The molecule has 12 heteroatoms. The normalized spacial score (nSPS) is 14.6. The molecule has 2 amide bonds. The molecule has 1 aliphatic rings. The largest absolute Gasteiger partial charge is 0.324 e. The van der Waals surface area contributed by atoms with Crippen molar-refractivity contribution in [1.82, 2.24) is 9.62 Å². The summed E-state index contributed by atoms with van der Waals surface area (Å²) in [4.78, 5) is 29.0. The zero-order valence-corrected chi connectivity index (χ0v) is 26.6. The molecular weight excluding hydrogens is 641 g/mol. The van der Waals surface area contributed by atoms with Gasteiger partial charge in [-0.2, -0.15) is 0 Å². The molecule has 0 bridgehead atoms. The minimum atomic E-state index is -4.16. The highest BCUT2D eigenvalue weighted by Gasteiger charge is 2.30. The van der Waals surface area contributed by atoms with Gasteiger partial charge in [0.15, 0.2) is 0 Å². The highest BCUT2D eigenvalue weighted by Crippen LogP contribution is 2.36. The Kier molecular flexibility index (Phi) is 10.7. The predicted octanol–water partition coefficient (Wildman–Crippen LogP) is 6.58. The molecule has 0 saturated heterocycles. The van der Waals surface area contributed by atoms with Crippen molar-refractivity contribution < 1.29 is 22.4 Å². The molecule has 5 rings (SSSR count). The van der Waals surface area contributed by atoms with Crippen LogP contribution < -0.4 is 10.0 Å². The Morgan fingerprint density at radius 2 is 1.68 bits per heavy atom. The first-order chi connectivity index (χ1) is 21.2. The van der Waals surface area contributed by atoms with Crippen LogP contribution in [-0.4, -0.2) is 42.7 Å². The minimum absolute atomic E-state index is 0.0796. The van der Waals surface area contributed by atoms with Crippen LogP contribution in [0, 0.1) is 5.82 Å². The van der Waals surface area contributed by atoms with Gasteiger partial charge in [0.25, 0.3) is 10.0 Å². The molecule has 4 aromatic carbocycles. The number of carbonyl (C=O) groups is 2. The Morgan fingerprint density at radius 3 is 2.43 bits per heavy atom. The van der Waals surface area contributed by atoms with E-state index in [9.17, 15) is 22.4 Å². The van der Waals surface area contributed by atoms with Gasteiger partial charge in [0.05, 0.1) is 15.8 Å². The van der Waals surface area contributed by atoms with E-state index in [0.717, 1.165) is 21.1 Å². The van der Waals surface area contributed by atoms with Crippen molar-refractivity contribution in [3.8, 4) is 0 Å². The second-order valence-electron chi connectivity index (χ2n) is 10.0. The van der Waals surface area contributed by atoms with E-state index in [1.807, 2.05) is 42.5 Å². The molecule has 1 atom stereocenters. The van der Waals surface area contributed by atoms with Gasteiger partial charge in [0, 0.05) is 52.2 Å². The summed E-state index contributed by atoms with van der Waals surface area (Å²) >= 11 is 9.22. The average Bonchev–Trinajstić information content (AvgIpc) is 3.00. The van der Waals surface area contributed by atoms with E-state index < -0.39 is 21.2 Å². The number of carbonyl (C=O) groups excluding carboxylic acids is 2. The maximum atomic E-state index is 14.6. The van der Waals surface area contributed by atoms with Crippen LogP contribution in [-0.2, 0) is 32.7 Å². The van der Waals surface area contributed by atoms with Crippen molar-refractivity contribution in [2.75, 3.05) is 17.6 Å². The monoisotopic (exact) mass is 669 g/mol. The second-order valence-corrected chi connectivity index (χ2v) is 14.5. The number of nitrogens with zero attached hydrogens (tertiary/aromatic N) is 1. The van der Waals surface area contributed by atoms with E-state index in [1.165, 1.54) is 30.0 Å². The standard InChI is InChI=1S/C32H29ClFN3O4S3/c33-26-9-6-10-27(34)25(26)21-37(17-18-42-23-7-2-1-3-8-23)20-22-13-15-24(16-14-22)44(40,41)36-31(38)19-30-32(39)35-28-11-4-5-12-29(28)43-30/h1-16,30H,17-21H2,(H,35,39)(H,36,38). The molecule has 0 aromatic heterocycles. The number of amides is 2. The van der Waals surface area contributed by atoms with Crippen molar-refractivity contribution in [3.63, 3.8) is 0 Å². The third-order valence-corrected chi connectivity index (χ3v) is 10.8. The third kappa shape index (κ3) is 8.42. The number of para-hydroxylation sites is 1. The van der Waals surface area contributed by atoms with Crippen molar-refractivity contribution >= 4 is 62.6 Å². The summed E-state index contributed by atoms with van der Waals surface area (Å²) in [5.41, 5.74) is 1.87. The lowest BCUT2D eigenvalue weighted by Gasteiger charge is -2.24. The van der Waals surface area contributed by atoms with Gasteiger partial charge in [0.2, 0.25) is 11.8 Å². The summed E-state index contributed by atoms with van der Waals surface area (Å²) < 4.78 is 42.7. The fourth-order valence-electron chi connectivity index (χ4n) is 4.61. The summed E-state index contributed by atoms with van der Waals surface area (Å²) in [5, 5.41) is 2.34. The van der Waals surface area contributed by atoms with E-state index in [2.05, 4.69) is 14.9 Å². The molecule has 0 fully saturated rings.